The van der Waals surface area contributed by atoms with E-state index < -0.39 is 0 Å². The largest absolute Gasteiger partial charge is 0.440 e. The van der Waals surface area contributed by atoms with Gasteiger partial charge < -0.3 is 9.73 Å². The van der Waals surface area contributed by atoms with Crippen molar-refractivity contribution in [2.45, 2.75) is 13.3 Å². The normalized spacial score (nSPS) is 10.5. The third kappa shape index (κ3) is 2.50. The van der Waals surface area contributed by atoms with E-state index in [1.165, 1.54) is 12.1 Å². The summed E-state index contributed by atoms with van der Waals surface area (Å²) < 4.78 is 6.68. The van der Waals surface area contributed by atoms with Gasteiger partial charge in [-0.05, 0) is 30.2 Å². The van der Waals surface area contributed by atoms with Gasteiger partial charge in [0.1, 0.15) is 0 Å². The third-order valence-electron chi connectivity index (χ3n) is 2.29. The van der Waals surface area contributed by atoms with Gasteiger partial charge in [0.2, 0.25) is 0 Å². The molecule has 2 aromatic rings. The second-order valence-corrected chi connectivity index (χ2v) is 3.95. The molecule has 0 saturated heterocycles. The lowest BCUT2D eigenvalue weighted by molar-refractivity contribution is 0.0996. The van der Waals surface area contributed by atoms with Gasteiger partial charge >= 0.3 is 0 Å². The van der Waals surface area contributed by atoms with E-state index in [0.29, 0.717) is 5.69 Å². The van der Waals surface area contributed by atoms with E-state index in [4.69, 9.17) is 16.0 Å². The first kappa shape index (κ1) is 11.7. The van der Waals surface area contributed by atoms with Gasteiger partial charge in [-0.3, -0.25) is 9.48 Å². The molecule has 0 unspecified atom stereocenters. The smallest absolute Gasteiger partial charge is 0.291 e. The Morgan fingerprint density at radius 1 is 1.59 bits per heavy atom. The standard InChI is InChI=1S/C11H12ClN3O2/c1-3-7-8(6-15(2)14-7)13-11(16)9-4-5-10(12)17-9/h4-6H,3H2,1-2H3,(H,13,16). The fourth-order valence-electron chi connectivity index (χ4n) is 1.52. The summed E-state index contributed by atoms with van der Waals surface area (Å²) in [4.78, 5) is 11.8. The van der Waals surface area contributed by atoms with Crippen LogP contribution in [0.2, 0.25) is 5.22 Å². The molecule has 2 heterocycles. The molecule has 0 fully saturated rings. The first-order valence-electron chi connectivity index (χ1n) is 5.19. The van der Waals surface area contributed by atoms with Crippen LogP contribution in [0.3, 0.4) is 0 Å². The Morgan fingerprint density at radius 3 is 2.94 bits per heavy atom. The molecule has 0 aliphatic carbocycles. The topological polar surface area (TPSA) is 60.1 Å². The van der Waals surface area contributed by atoms with Crippen molar-refractivity contribution >= 4 is 23.2 Å². The van der Waals surface area contributed by atoms with Gasteiger partial charge in [-0.2, -0.15) is 5.10 Å². The van der Waals surface area contributed by atoms with Gasteiger partial charge in [0.15, 0.2) is 11.0 Å². The van der Waals surface area contributed by atoms with E-state index in [2.05, 4.69) is 10.4 Å². The van der Waals surface area contributed by atoms with Crippen molar-refractivity contribution in [3.63, 3.8) is 0 Å². The Balaban J connectivity index is 2.18. The van der Waals surface area contributed by atoms with Gasteiger partial charge in [0.25, 0.3) is 5.91 Å². The van der Waals surface area contributed by atoms with Crippen LogP contribution in [0, 0.1) is 0 Å². The number of nitrogens with zero attached hydrogens (tertiary/aromatic N) is 2. The molecule has 0 aliphatic heterocycles. The molecule has 2 aromatic heterocycles. The molecule has 1 N–H and O–H groups in total. The minimum Gasteiger partial charge on any atom is -0.440 e. The zero-order chi connectivity index (χ0) is 12.4. The van der Waals surface area contributed by atoms with E-state index in [1.54, 1.807) is 17.9 Å². The monoisotopic (exact) mass is 253 g/mol. The third-order valence-corrected chi connectivity index (χ3v) is 2.49. The molecular formula is C11H12ClN3O2. The molecule has 0 aliphatic rings. The Hall–Kier alpha value is -1.75. The maximum absolute atomic E-state index is 11.8. The fourth-order valence-corrected chi connectivity index (χ4v) is 1.67. The van der Waals surface area contributed by atoms with Crippen LogP contribution in [0.25, 0.3) is 0 Å². The average molecular weight is 254 g/mol. The summed E-state index contributed by atoms with van der Waals surface area (Å²) in [6.45, 7) is 1.97. The highest BCUT2D eigenvalue weighted by Gasteiger charge is 2.14. The number of carbonyl (C=O) groups excluding carboxylic acids is 1. The highest BCUT2D eigenvalue weighted by Crippen LogP contribution is 2.17. The summed E-state index contributed by atoms with van der Waals surface area (Å²) >= 11 is 5.61. The molecule has 1 amide bonds. The van der Waals surface area contributed by atoms with Gasteiger partial charge in [0.05, 0.1) is 11.4 Å². The Bertz CT molecular complexity index is 545. The lowest BCUT2D eigenvalue weighted by atomic mass is 10.3. The van der Waals surface area contributed by atoms with E-state index >= 15 is 0 Å². The molecule has 0 radical (unpaired) electrons. The zero-order valence-electron chi connectivity index (χ0n) is 9.53. The van der Waals surface area contributed by atoms with Crippen LogP contribution < -0.4 is 5.32 Å². The highest BCUT2D eigenvalue weighted by molar-refractivity contribution is 6.29. The van der Waals surface area contributed by atoms with Crippen LogP contribution >= 0.6 is 11.6 Å². The van der Waals surface area contributed by atoms with Crippen molar-refractivity contribution in [2.24, 2.45) is 7.05 Å². The molecule has 0 atom stereocenters. The number of nitrogens with one attached hydrogen (secondary N) is 1. The molecule has 2 rings (SSSR count). The number of amides is 1. The highest BCUT2D eigenvalue weighted by atomic mass is 35.5. The zero-order valence-corrected chi connectivity index (χ0v) is 10.3. The molecule has 0 aromatic carbocycles. The summed E-state index contributed by atoms with van der Waals surface area (Å²) in [5.74, 6) is -0.152. The van der Waals surface area contributed by atoms with Crippen LogP contribution in [-0.2, 0) is 13.5 Å². The fraction of sp³-hybridized carbons (Fsp3) is 0.273. The van der Waals surface area contributed by atoms with Crippen molar-refractivity contribution in [2.75, 3.05) is 5.32 Å². The lowest BCUT2D eigenvalue weighted by Crippen LogP contribution is -2.11. The quantitative estimate of drug-likeness (QED) is 0.914. The van der Waals surface area contributed by atoms with Crippen molar-refractivity contribution < 1.29 is 9.21 Å². The predicted molar refractivity (Wildman–Crippen MR) is 64.3 cm³/mol. The van der Waals surface area contributed by atoms with Crippen LogP contribution in [-0.4, -0.2) is 15.7 Å². The molecular weight excluding hydrogens is 242 g/mol. The summed E-state index contributed by atoms with van der Waals surface area (Å²) in [6.07, 6.45) is 2.50. The number of anilines is 1. The molecule has 90 valence electrons. The minimum atomic E-state index is -0.334. The average Bonchev–Trinajstić information content (AvgIpc) is 2.85. The molecule has 5 nitrogen and oxygen atoms in total. The number of aromatic nitrogens is 2. The molecule has 0 bridgehead atoms. The number of halogens is 1. The lowest BCUT2D eigenvalue weighted by Gasteiger charge is -2.01. The van der Waals surface area contributed by atoms with E-state index in [-0.39, 0.29) is 16.9 Å². The molecule has 0 spiro atoms. The number of carbonyl (C=O) groups is 1. The Morgan fingerprint density at radius 2 is 2.35 bits per heavy atom. The second kappa shape index (κ2) is 4.63. The predicted octanol–water partition coefficient (Wildman–Crippen LogP) is 2.48. The van der Waals surface area contributed by atoms with E-state index in [0.717, 1.165) is 12.1 Å². The van der Waals surface area contributed by atoms with Crippen LogP contribution in [0.15, 0.2) is 22.7 Å². The van der Waals surface area contributed by atoms with E-state index in [9.17, 15) is 4.79 Å². The second-order valence-electron chi connectivity index (χ2n) is 3.57. The minimum absolute atomic E-state index is 0.181. The number of hydrogen-bond donors (Lipinski definition) is 1. The van der Waals surface area contributed by atoms with Gasteiger partial charge in [-0.15, -0.1) is 0 Å². The maximum Gasteiger partial charge on any atom is 0.291 e. The van der Waals surface area contributed by atoms with Gasteiger partial charge in [-0.1, -0.05) is 6.92 Å². The van der Waals surface area contributed by atoms with Crippen molar-refractivity contribution in [3.05, 3.63) is 35.0 Å². The van der Waals surface area contributed by atoms with Gasteiger partial charge in [0, 0.05) is 13.2 Å². The van der Waals surface area contributed by atoms with Crippen molar-refractivity contribution in [1.29, 1.82) is 0 Å². The van der Waals surface area contributed by atoms with Crippen LogP contribution in [0.1, 0.15) is 23.2 Å². The molecule has 17 heavy (non-hydrogen) atoms. The van der Waals surface area contributed by atoms with Crippen molar-refractivity contribution in [1.82, 2.24) is 9.78 Å². The summed E-state index contributed by atoms with van der Waals surface area (Å²) in [5.41, 5.74) is 1.52. The summed E-state index contributed by atoms with van der Waals surface area (Å²) in [5, 5.41) is 7.16. The first-order chi connectivity index (χ1) is 8.10. The summed E-state index contributed by atoms with van der Waals surface area (Å²) in [6, 6.07) is 3.06. The summed E-state index contributed by atoms with van der Waals surface area (Å²) in [7, 11) is 1.80. The molecule has 6 heteroatoms. The van der Waals surface area contributed by atoms with Gasteiger partial charge in [-0.25, -0.2) is 0 Å². The number of furan rings is 1. The SMILES string of the molecule is CCc1nn(C)cc1NC(=O)c1ccc(Cl)o1. The van der Waals surface area contributed by atoms with E-state index in [1.807, 2.05) is 6.92 Å². The number of aryl methyl sites for hydroxylation is 2. The van der Waals surface area contributed by atoms with Crippen molar-refractivity contribution in [3.8, 4) is 0 Å². The number of rotatable bonds is 3. The molecule has 0 saturated carbocycles. The van der Waals surface area contributed by atoms with Crippen LogP contribution in [0.4, 0.5) is 5.69 Å². The Labute approximate surface area is 103 Å². The Kier molecular flexibility index (Phi) is 3.19. The number of hydrogen-bond acceptors (Lipinski definition) is 3. The maximum atomic E-state index is 11.8. The van der Waals surface area contributed by atoms with Crippen LogP contribution in [0.5, 0.6) is 0 Å². The first-order valence-corrected chi connectivity index (χ1v) is 5.57.